The van der Waals surface area contributed by atoms with Crippen molar-refractivity contribution in [2.75, 3.05) is 5.75 Å². The molecule has 0 saturated heterocycles. The lowest BCUT2D eigenvalue weighted by atomic mass is 10.3. The van der Waals surface area contributed by atoms with Crippen LogP contribution in [0, 0.1) is 5.92 Å². The minimum Gasteiger partial charge on any atom is -0.276 e. The topological polar surface area (TPSA) is 62.8 Å². The molecule has 16 heavy (non-hydrogen) atoms. The van der Waals surface area contributed by atoms with E-state index in [0.29, 0.717) is 10.4 Å². The van der Waals surface area contributed by atoms with Crippen molar-refractivity contribution in [1.29, 1.82) is 0 Å². The number of nitrogens with zero attached hydrogens (tertiary/aromatic N) is 1. The van der Waals surface area contributed by atoms with Gasteiger partial charge in [-0.25, -0.2) is 8.42 Å². The Morgan fingerprint density at radius 2 is 2.12 bits per heavy atom. The fraction of sp³-hybridized carbons (Fsp3) is 0.364. The fourth-order valence-electron chi connectivity index (χ4n) is 1.73. The Morgan fingerprint density at radius 3 is 2.81 bits per heavy atom. The maximum Gasteiger partial charge on any atom is 0.180 e. The molecule has 0 atom stereocenters. The van der Waals surface area contributed by atoms with Crippen molar-refractivity contribution < 1.29 is 8.42 Å². The van der Waals surface area contributed by atoms with Gasteiger partial charge in [-0.2, -0.15) is 5.10 Å². The molecular formula is C11H14N2O2S. The highest BCUT2D eigenvalue weighted by molar-refractivity contribution is 7.91. The van der Waals surface area contributed by atoms with Crippen molar-refractivity contribution in [3.63, 3.8) is 0 Å². The lowest BCUT2D eigenvalue weighted by Crippen LogP contribution is -2.12. The number of para-hydroxylation sites is 1. The number of sulfone groups is 1. The van der Waals surface area contributed by atoms with Crippen LogP contribution in [0.15, 0.2) is 29.3 Å². The van der Waals surface area contributed by atoms with Gasteiger partial charge in [0, 0.05) is 5.39 Å². The van der Waals surface area contributed by atoms with Gasteiger partial charge in [-0.05, 0) is 12.0 Å². The van der Waals surface area contributed by atoms with Crippen LogP contribution in [-0.4, -0.2) is 24.4 Å². The average molecular weight is 238 g/mol. The van der Waals surface area contributed by atoms with Gasteiger partial charge in [0.25, 0.3) is 0 Å². The van der Waals surface area contributed by atoms with Crippen molar-refractivity contribution in [3.8, 4) is 0 Å². The van der Waals surface area contributed by atoms with Gasteiger partial charge in [-0.15, -0.1) is 0 Å². The summed E-state index contributed by atoms with van der Waals surface area (Å²) < 4.78 is 24.2. The second-order valence-corrected chi connectivity index (χ2v) is 6.27. The molecule has 1 aromatic heterocycles. The second-order valence-electron chi connectivity index (χ2n) is 4.27. The smallest absolute Gasteiger partial charge is 0.180 e. The van der Waals surface area contributed by atoms with Crippen LogP contribution in [0.2, 0.25) is 0 Å². The maximum absolute atomic E-state index is 12.1. The fourth-order valence-corrected chi connectivity index (χ4v) is 3.55. The van der Waals surface area contributed by atoms with E-state index in [1.165, 1.54) is 0 Å². The van der Waals surface area contributed by atoms with Gasteiger partial charge in [0.2, 0.25) is 0 Å². The molecule has 2 aromatic rings. The van der Waals surface area contributed by atoms with E-state index in [2.05, 4.69) is 10.2 Å². The van der Waals surface area contributed by atoms with Crippen molar-refractivity contribution >= 4 is 20.7 Å². The molecule has 4 nitrogen and oxygen atoms in total. The lowest BCUT2D eigenvalue weighted by molar-refractivity contribution is 0.583. The zero-order valence-corrected chi connectivity index (χ0v) is 10.1. The quantitative estimate of drug-likeness (QED) is 0.889. The van der Waals surface area contributed by atoms with Crippen LogP contribution in [0.25, 0.3) is 10.9 Å². The van der Waals surface area contributed by atoms with Gasteiger partial charge in [0.1, 0.15) is 0 Å². The predicted octanol–water partition coefficient (Wildman–Crippen LogP) is 1.99. The highest BCUT2D eigenvalue weighted by Gasteiger charge is 2.19. The Bertz CT molecular complexity index is 599. The summed E-state index contributed by atoms with van der Waals surface area (Å²) in [7, 11) is -3.23. The number of hydrogen-bond acceptors (Lipinski definition) is 3. The van der Waals surface area contributed by atoms with E-state index >= 15 is 0 Å². The van der Waals surface area contributed by atoms with E-state index in [1.54, 1.807) is 18.3 Å². The molecule has 1 aromatic carbocycles. The molecule has 0 fully saturated rings. The summed E-state index contributed by atoms with van der Waals surface area (Å²) in [5.41, 5.74) is 0.600. The predicted molar refractivity (Wildman–Crippen MR) is 63.0 cm³/mol. The van der Waals surface area contributed by atoms with Crippen molar-refractivity contribution in [1.82, 2.24) is 10.2 Å². The molecule has 0 aliphatic rings. The number of H-pyrrole nitrogens is 1. The summed E-state index contributed by atoms with van der Waals surface area (Å²) in [4.78, 5) is 0.344. The van der Waals surface area contributed by atoms with Gasteiger partial charge in [-0.3, -0.25) is 5.10 Å². The minimum atomic E-state index is -3.23. The standard InChI is InChI=1S/C11H14N2O2S/c1-8(2)7-16(14,15)10-5-3-4-9-6-12-13-11(9)10/h3-6,8H,7H2,1-2H3,(H,12,13). The molecule has 1 N–H and O–H groups in total. The van der Waals surface area contributed by atoms with E-state index in [4.69, 9.17) is 0 Å². The van der Waals surface area contributed by atoms with Crippen LogP contribution in [-0.2, 0) is 9.84 Å². The highest BCUT2D eigenvalue weighted by Crippen LogP contribution is 2.22. The molecule has 0 bridgehead atoms. The Kier molecular flexibility index (Phi) is 2.71. The van der Waals surface area contributed by atoms with Crippen molar-refractivity contribution in [3.05, 3.63) is 24.4 Å². The number of aromatic nitrogens is 2. The van der Waals surface area contributed by atoms with Gasteiger partial charge in [-0.1, -0.05) is 26.0 Å². The van der Waals surface area contributed by atoms with Gasteiger partial charge in [0.15, 0.2) is 9.84 Å². The Balaban J connectivity index is 2.59. The number of hydrogen-bond donors (Lipinski definition) is 1. The zero-order chi connectivity index (χ0) is 11.8. The lowest BCUT2D eigenvalue weighted by Gasteiger charge is -2.07. The summed E-state index contributed by atoms with van der Waals surface area (Å²) >= 11 is 0. The molecule has 0 aliphatic carbocycles. The summed E-state index contributed by atoms with van der Waals surface area (Å²) in [6.45, 7) is 3.79. The minimum absolute atomic E-state index is 0.114. The van der Waals surface area contributed by atoms with Crippen LogP contribution >= 0.6 is 0 Å². The molecule has 0 saturated carbocycles. The highest BCUT2D eigenvalue weighted by atomic mass is 32.2. The van der Waals surface area contributed by atoms with E-state index < -0.39 is 9.84 Å². The average Bonchev–Trinajstić information content (AvgIpc) is 2.62. The first kappa shape index (κ1) is 11.1. The molecule has 0 aliphatic heterocycles. The molecule has 2 rings (SSSR count). The number of aromatic amines is 1. The largest absolute Gasteiger partial charge is 0.276 e. The SMILES string of the molecule is CC(C)CS(=O)(=O)c1cccc2cn[nH]c12. The molecule has 0 unspecified atom stereocenters. The number of nitrogens with one attached hydrogen (secondary N) is 1. The zero-order valence-electron chi connectivity index (χ0n) is 9.27. The third-order valence-corrected chi connectivity index (χ3v) is 4.44. The van der Waals surface area contributed by atoms with Crippen LogP contribution in [0.4, 0.5) is 0 Å². The molecule has 0 radical (unpaired) electrons. The summed E-state index contributed by atoms with van der Waals surface area (Å²) in [6.07, 6.45) is 1.63. The van der Waals surface area contributed by atoms with Crippen molar-refractivity contribution in [2.24, 2.45) is 5.92 Å². The van der Waals surface area contributed by atoms with Crippen molar-refractivity contribution in [2.45, 2.75) is 18.7 Å². The molecule has 1 heterocycles. The molecule has 0 amide bonds. The van der Waals surface area contributed by atoms with Gasteiger partial charge >= 0.3 is 0 Å². The molecule has 86 valence electrons. The third-order valence-electron chi connectivity index (χ3n) is 2.33. The molecule has 5 heteroatoms. The Hall–Kier alpha value is -1.36. The number of fused-ring (bicyclic) bond motifs is 1. The summed E-state index contributed by atoms with van der Waals surface area (Å²) in [6, 6.07) is 5.20. The van der Waals surface area contributed by atoms with Crippen LogP contribution < -0.4 is 0 Å². The first-order valence-corrected chi connectivity index (χ1v) is 6.81. The second kappa shape index (κ2) is 3.90. The van der Waals surface area contributed by atoms with Crippen LogP contribution in [0.3, 0.4) is 0 Å². The number of rotatable bonds is 3. The van der Waals surface area contributed by atoms with E-state index in [9.17, 15) is 8.42 Å². The monoisotopic (exact) mass is 238 g/mol. The first-order chi connectivity index (χ1) is 7.50. The Labute approximate surface area is 94.6 Å². The van der Waals surface area contributed by atoms with Crippen LogP contribution in [0.1, 0.15) is 13.8 Å². The number of benzene rings is 1. The normalized spacial score (nSPS) is 12.4. The first-order valence-electron chi connectivity index (χ1n) is 5.15. The summed E-state index contributed by atoms with van der Waals surface area (Å²) in [5, 5.41) is 7.43. The van der Waals surface area contributed by atoms with Gasteiger partial charge < -0.3 is 0 Å². The van der Waals surface area contributed by atoms with Crippen LogP contribution in [0.5, 0.6) is 0 Å². The maximum atomic E-state index is 12.1. The Morgan fingerprint density at radius 1 is 1.38 bits per heavy atom. The van der Waals surface area contributed by atoms with E-state index in [-0.39, 0.29) is 11.7 Å². The van der Waals surface area contributed by atoms with E-state index in [0.717, 1.165) is 5.39 Å². The molecular weight excluding hydrogens is 224 g/mol. The van der Waals surface area contributed by atoms with Gasteiger partial charge in [0.05, 0.1) is 22.4 Å². The van der Waals surface area contributed by atoms with E-state index in [1.807, 2.05) is 19.9 Å². The third kappa shape index (κ3) is 1.95. The molecule has 0 spiro atoms. The summed E-state index contributed by atoms with van der Waals surface area (Å²) in [5.74, 6) is 0.272.